The van der Waals surface area contributed by atoms with Gasteiger partial charge in [-0.1, -0.05) is 12.1 Å². The molecule has 0 saturated heterocycles. The number of carbonyl (C=O) groups is 3. The molecule has 172 valence electrons. The molecule has 1 aromatic heterocycles. The monoisotopic (exact) mass is 447 g/mol. The molecule has 2 amide bonds. The fourth-order valence-electron chi connectivity index (χ4n) is 4.16. The van der Waals surface area contributed by atoms with Crippen molar-refractivity contribution in [3.05, 3.63) is 52.3 Å². The Morgan fingerprint density at radius 1 is 1.12 bits per heavy atom. The first-order valence-corrected chi connectivity index (χ1v) is 10.5. The van der Waals surface area contributed by atoms with Crippen LogP contribution < -0.4 is 10.6 Å². The van der Waals surface area contributed by atoms with Crippen molar-refractivity contribution in [3.8, 4) is 0 Å². The Morgan fingerprint density at radius 2 is 1.78 bits per heavy atom. The molecule has 32 heavy (non-hydrogen) atoms. The first kappa shape index (κ1) is 23.6. The highest BCUT2D eigenvalue weighted by molar-refractivity contribution is 6.43. The second-order valence-electron chi connectivity index (χ2n) is 8.18. The summed E-state index contributed by atoms with van der Waals surface area (Å²) in [5.41, 5.74) is 1.12. The molecule has 3 N–H and O–H groups in total. The number of anilines is 1. The summed E-state index contributed by atoms with van der Waals surface area (Å²) < 4.78 is 27.4. The summed E-state index contributed by atoms with van der Waals surface area (Å²) in [4.78, 5) is 38.4. The van der Waals surface area contributed by atoms with Gasteiger partial charge in [0.05, 0.1) is 17.4 Å². The lowest BCUT2D eigenvalue weighted by atomic mass is 9.93. The van der Waals surface area contributed by atoms with Gasteiger partial charge in [0.25, 0.3) is 24.0 Å². The molecule has 2 aromatic rings. The molecule has 0 bridgehead atoms. The number of aliphatic hydroxyl groups excluding tert-OH is 1. The Balaban J connectivity index is 1.80. The average molecular weight is 447 g/mol. The number of Topliss-reactive ketones (excluding diaryl/α,β-unsaturated/α-hetero) is 1. The zero-order valence-corrected chi connectivity index (χ0v) is 18.2. The van der Waals surface area contributed by atoms with Crippen LogP contribution in [0.4, 0.5) is 14.5 Å². The van der Waals surface area contributed by atoms with Gasteiger partial charge in [-0.3, -0.25) is 14.4 Å². The zero-order chi connectivity index (χ0) is 23.6. The lowest BCUT2D eigenvalue weighted by molar-refractivity contribution is -0.118. The van der Waals surface area contributed by atoms with Crippen molar-refractivity contribution in [2.45, 2.75) is 58.1 Å². The van der Waals surface area contributed by atoms with E-state index in [0.717, 1.165) is 0 Å². The van der Waals surface area contributed by atoms with Gasteiger partial charge in [-0.2, -0.15) is 0 Å². The van der Waals surface area contributed by atoms with E-state index in [9.17, 15) is 28.3 Å². The fourth-order valence-corrected chi connectivity index (χ4v) is 4.16. The van der Waals surface area contributed by atoms with Crippen LogP contribution in [-0.2, 0) is 11.8 Å². The van der Waals surface area contributed by atoms with Crippen LogP contribution in [0.2, 0.25) is 0 Å². The number of alkyl halides is 2. The Labute approximate surface area is 184 Å². The first-order valence-electron chi connectivity index (χ1n) is 10.5. The fraction of sp³-hybridized carbons (Fsp3) is 0.435. The number of amides is 2. The largest absolute Gasteiger partial charge is 0.393 e. The van der Waals surface area contributed by atoms with Crippen LogP contribution in [0.3, 0.4) is 0 Å². The summed E-state index contributed by atoms with van der Waals surface area (Å²) in [5, 5.41) is 14.9. The summed E-state index contributed by atoms with van der Waals surface area (Å²) in [5.74, 6) is -2.06. The van der Waals surface area contributed by atoms with E-state index in [1.54, 1.807) is 20.9 Å². The highest BCUT2D eigenvalue weighted by Gasteiger charge is 2.30. The van der Waals surface area contributed by atoms with Gasteiger partial charge in [0, 0.05) is 30.0 Å². The number of carbonyl (C=O) groups excluding carboxylic acids is 3. The Kier molecular flexibility index (Phi) is 7.08. The Hall–Kier alpha value is -3.07. The molecule has 0 spiro atoms. The summed E-state index contributed by atoms with van der Waals surface area (Å²) in [7, 11) is 1.59. The predicted octanol–water partition coefficient (Wildman–Crippen LogP) is 3.43. The molecule has 1 fully saturated rings. The number of hydrogen-bond acceptors (Lipinski definition) is 4. The molecule has 1 saturated carbocycles. The van der Waals surface area contributed by atoms with Gasteiger partial charge in [0.1, 0.15) is 0 Å². The molecule has 1 aliphatic rings. The molecule has 3 rings (SSSR count). The molecule has 9 heteroatoms. The van der Waals surface area contributed by atoms with Gasteiger partial charge in [0.2, 0.25) is 0 Å². The highest BCUT2D eigenvalue weighted by Crippen LogP contribution is 2.26. The van der Waals surface area contributed by atoms with Crippen molar-refractivity contribution in [1.82, 2.24) is 9.88 Å². The minimum Gasteiger partial charge on any atom is -0.393 e. The van der Waals surface area contributed by atoms with E-state index in [1.165, 1.54) is 28.8 Å². The van der Waals surface area contributed by atoms with Crippen LogP contribution in [0.1, 0.15) is 69.8 Å². The van der Waals surface area contributed by atoms with E-state index in [-0.39, 0.29) is 34.7 Å². The first-order chi connectivity index (χ1) is 15.1. The molecule has 0 radical (unpaired) electrons. The number of aromatic nitrogens is 1. The van der Waals surface area contributed by atoms with Gasteiger partial charge in [0.15, 0.2) is 0 Å². The summed E-state index contributed by atoms with van der Waals surface area (Å²) >= 11 is 0. The number of aliphatic hydroxyl groups is 1. The van der Waals surface area contributed by atoms with Crippen molar-refractivity contribution >= 4 is 23.3 Å². The van der Waals surface area contributed by atoms with E-state index in [0.29, 0.717) is 36.9 Å². The number of nitrogens with one attached hydrogen (secondary N) is 2. The van der Waals surface area contributed by atoms with E-state index in [2.05, 4.69) is 10.6 Å². The summed E-state index contributed by atoms with van der Waals surface area (Å²) in [6.45, 7) is 3.23. The predicted molar refractivity (Wildman–Crippen MR) is 115 cm³/mol. The van der Waals surface area contributed by atoms with Crippen LogP contribution in [0.25, 0.3) is 0 Å². The molecule has 1 aliphatic carbocycles. The second-order valence-corrected chi connectivity index (χ2v) is 8.18. The maximum absolute atomic E-state index is 12.9. The number of nitrogens with zero attached hydrogens (tertiary/aromatic N) is 1. The molecule has 1 aromatic carbocycles. The van der Waals surface area contributed by atoms with Gasteiger partial charge in [-0.05, 0) is 57.2 Å². The lowest BCUT2D eigenvalue weighted by Crippen LogP contribution is -2.42. The minimum absolute atomic E-state index is 0.0994. The van der Waals surface area contributed by atoms with Crippen molar-refractivity contribution in [1.29, 1.82) is 0 Å². The lowest BCUT2D eigenvalue weighted by Gasteiger charge is -2.25. The van der Waals surface area contributed by atoms with E-state index in [1.807, 2.05) is 0 Å². The smallest absolute Gasteiger partial charge is 0.294 e. The molecule has 0 aliphatic heterocycles. The zero-order valence-electron chi connectivity index (χ0n) is 18.2. The molecule has 0 atom stereocenters. The maximum Gasteiger partial charge on any atom is 0.294 e. The molecular weight excluding hydrogens is 420 g/mol. The van der Waals surface area contributed by atoms with Crippen molar-refractivity contribution in [2.75, 3.05) is 5.32 Å². The SMILES string of the molecule is Cc1c(C(=O)Nc2cccc(C(F)F)c2)c(C)n(C)c1C(=O)C(=O)NC1CCC(O)CC1. The third kappa shape index (κ3) is 4.88. The number of halogens is 2. The summed E-state index contributed by atoms with van der Waals surface area (Å²) in [6, 6.07) is 5.20. The van der Waals surface area contributed by atoms with Crippen LogP contribution in [-0.4, -0.2) is 39.4 Å². The second kappa shape index (κ2) is 9.60. The van der Waals surface area contributed by atoms with Gasteiger partial charge in [-0.25, -0.2) is 8.78 Å². The Morgan fingerprint density at radius 3 is 2.41 bits per heavy atom. The number of benzene rings is 1. The Bertz CT molecular complexity index is 1040. The van der Waals surface area contributed by atoms with Gasteiger partial charge in [-0.15, -0.1) is 0 Å². The van der Waals surface area contributed by atoms with Crippen molar-refractivity contribution < 1.29 is 28.3 Å². The van der Waals surface area contributed by atoms with Gasteiger partial charge < -0.3 is 20.3 Å². The third-order valence-corrected chi connectivity index (χ3v) is 6.01. The molecule has 1 heterocycles. The number of rotatable bonds is 6. The maximum atomic E-state index is 12.9. The summed E-state index contributed by atoms with van der Waals surface area (Å²) in [6.07, 6.45) is -0.717. The third-order valence-electron chi connectivity index (χ3n) is 6.01. The standard InChI is InChI=1S/C23H27F2N3O4/c1-12-18(22(31)27-16-6-4-5-14(11-16)21(24)25)13(2)28(3)19(12)20(30)23(32)26-15-7-9-17(29)10-8-15/h4-6,11,15,17,21,29H,7-10H2,1-3H3,(H,26,32)(H,27,31). The quantitative estimate of drug-likeness (QED) is 0.467. The number of hydrogen-bond donors (Lipinski definition) is 3. The molecular formula is C23H27F2N3O4. The van der Waals surface area contributed by atoms with E-state index in [4.69, 9.17) is 0 Å². The minimum atomic E-state index is -2.66. The van der Waals surface area contributed by atoms with Gasteiger partial charge >= 0.3 is 0 Å². The van der Waals surface area contributed by atoms with Crippen molar-refractivity contribution in [3.63, 3.8) is 0 Å². The van der Waals surface area contributed by atoms with Crippen LogP contribution in [0.5, 0.6) is 0 Å². The number of ketones is 1. The van der Waals surface area contributed by atoms with Crippen LogP contribution in [0, 0.1) is 13.8 Å². The molecule has 7 nitrogen and oxygen atoms in total. The van der Waals surface area contributed by atoms with Crippen LogP contribution >= 0.6 is 0 Å². The van der Waals surface area contributed by atoms with Crippen molar-refractivity contribution in [2.24, 2.45) is 7.05 Å². The van der Waals surface area contributed by atoms with Crippen LogP contribution in [0.15, 0.2) is 24.3 Å². The highest BCUT2D eigenvalue weighted by atomic mass is 19.3. The van der Waals surface area contributed by atoms with E-state index >= 15 is 0 Å². The average Bonchev–Trinajstić information content (AvgIpc) is 2.97. The normalized spacial score (nSPS) is 18.5. The topological polar surface area (TPSA) is 100 Å². The van der Waals surface area contributed by atoms with E-state index < -0.39 is 24.0 Å². The molecule has 0 unspecified atom stereocenters.